The first kappa shape index (κ1) is 17.7. The van der Waals surface area contributed by atoms with Crippen molar-refractivity contribution in [2.75, 3.05) is 0 Å². The van der Waals surface area contributed by atoms with Crippen LogP contribution in [0.2, 0.25) is 0 Å². The van der Waals surface area contributed by atoms with Crippen LogP contribution in [0.25, 0.3) is 0 Å². The quantitative estimate of drug-likeness (QED) is 0.497. The van der Waals surface area contributed by atoms with Crippen molar-refractivity contribution in [3.05, 3.63) is 29.3 Å². The Morgan fingerprint density at radius 1 is 1.19 bits per heavy atom. The van der Waals surface area contributed by atoms with Crippen molar-refractivity contribution < 1.29 is 19.4 Å². The maximum atomic E-state index is 11.5. The first-order chi connectivity index (χ1) is 12.4. The molecule has 2 fully saturated rings. The highest BCUT2D eigenvalue weighted by molar-refractivity contribution is 6.33. The molecule has 1 aromatic carbocycles. The van der Waals surface area contributed by atoms with Crippen LogP contribution < -0.4 is 4.74 Å². The first-order valence-electron chi connectivity index (χ1n) is 9.94. The lowest BCUT2D eigenvalue weighted by atomic mass is 9.50. The fraction of sp³-hybridized carbons (Fsp3) is 0.636. The van der Waals surface area contributed by atoms with Gasteiger partial charge in [0.2, 0.25) is 5.78 Å². The smallest absolute Gasteiger partial charge is 0.379 e. The summed E-state index contributed by atoms with van der Waals surface area (Å²) >= 11 is 0. The Labute approximate surface area is 154 Å². The van der Waals surface area contributed by atoms with Crippen molar-refractivity contribution in [1.82, 2.24) is 0 Å². The predicted molar refractivity (Wildman–Crippen MR) is 98.0 cm³/mol. The van der Waals surface area contributed by atoms with Gasteiger partial charge in [-0.05, 0) is 85.0 Å². The van der Waals surface area contributed by atoms with Crippen LogP contribution in [0.5, 0.6) is 5.75 Å². The van der Waals surface area contributed by atoms with E-state index in [1.54, 1.807) is 0 Å². The number of carbonyl (C=O) groups is 2. The number of esters is 1. The summed E-state index contributed by atoms with van der Waals surface area (Å²) in [5.41, 5.74) is 2.71. The van der Waals surface area contributed by atoms with Crippen LogP contribution in [0, 0.1) is 17.3 Å². The molecule has 4 rings (SSSR count). The Morgan fingerprint density at radius 3 is 2.77 bits per heavy atom. The van der Waals surface area contributed by atoms with Gasteiger partial charge in [-0.2, -0.15) is 0 Å². The molecule has 1 N–H and O–H groups in total. The maximum absolute atomic E-state index is 11.5. The Kier molecular flexibility index (Phi) is 4.42. The molecule has 2 saturated carbocycles. The molecule has 0 aliphatic heterocycles. The van der Waals surface area contributed by atoms with Crippen LogP contribution in [0.1, 0.15) is 69.4 Å². The molecule has 1 aromatic rings. The van der Waals surface area contributed by atoms with Gasteiger partial charge in [-0.15, -0.1) is 0 Å². The largest absolute Gasteiger partial charge is 0.421 e. The summed E-state index contributed by atoms with van der Waals surface area (Å²) in [7, 11) is 0. The van der Waals surface area contributed by atoms with Gasteiger partial charge in [0.05, 0.1) is 6.10 Å². The lowest BCUT2D eigenvalue weighted by molar-refractivity contribution is -0.146. The molecular formula is C22H28O4. The summed E-state index contributed by atoms with van der Waals surface area (Å²) in [6.45, 7) is 3.53. The second-order valence-corrected chi connectivity index (χ2v) is 8.71. The molecule has 0 spiro atoms. The molecule has 26 heavy (non-hydrogen) atoms. The highest BCUT2D eigenvalue weighted by Crippen LogP contribution is 2.59. The van der Waals surface area contributed by atoms with E-state index in [-0.39, 0.29) is 11.5 Å². The second kappa shape index (κ2) is 6.49. The summed E-state index contributed by atoms with van der Waals surface area (Å²) in [5.74, 6) is 0.875. The Morgan fingerprint density at radius 2 is 2.00 bits per heavy atom. The number of aryl methyl sites for hydroxylation is 1. The van der Waals surface area contributed by atoms with Gasteiger partial charge in [-0.25, -0.2) is 4.79 Å². The van der Waals surface area contributed by atoms with E-state index in [1.807, 2.05) is 12.1 Å². The molecule has 3 aliphatic carbocycles. The summed E-state index contributed by atoms with van der Waals surface area (Å²) in [5, 5.41) is 10.6. The minimum atomic E-state index is -0.803. The highest BCUT2D eigenvalue weighted by atomic mass is 16.5. The van der Waals surface area contributed by atoms with Crippen LogP contribution in [-0.2, 0) is 16.0 Å². The van der Waals surface area contributed by atoms with E-state index < -0.39 is 11.8 Å². The monoisotopic (exact) mass is 356 g/mol. The van der Waals surface area contributed by atoms with E-state index in [0.29, 0.717) is 23.5 Å². The van der Waals surface area contributed by atoms with Gasteiger partial charge in [0.15, 0.2) is 0 Å². The van der Waals surface area contributed by atoms with Gasteiger partial charge >= 0.3 is 5.97 Å². The molecule has 3 aliphatic rings. The minimum absolute atomic E-state index is 0.0773. The van der Waals surface area contributed by atoms with Crippen molar-refractivity contribution in [2.45, 2.75) is 70.8 Å². The summed E-state index contributed by atoms with van der Waals surface area (Å²) < 4.78 is 5.17. The number of ether oxygens (including phenoxy) is 1. The van der Waals surface area contributed by atoms with E-state index in [0.717, 1.165) is 38.5 Å². The lowest BCUT2D eigenvalue weighted by Crippen LogP contribution is -2.51. The zero-order valence-corrected chi connectivity index (χ0v) is 15.7. The minimum Gasteiger partial charge on any atom is -0.421 e. The number of hydrogen-bond acceptors (Lipinski definition) is 4. The number of rotatable bonds is 2. The van der Waals surface area contributed by atoms with E-state index in [9.17, 15) is 14.7 Å². The van der Waals surface area contributed by atoms with Gasteiger partial charge in [0, 0.05) is 6.92 Å². The third-order valence-corrected chi connectivity index (χ3v) is 7.39. The van der Waals surface area contributed by atoms with Crippen molar-refractivity contribution in [2.24, 2.45) is 17.3 Å². The molecule has 0 saturated heterocycles. The molecule has 0 amide bonds. The summed E-state index contributed by atoms with van der Waals surface area (Å²) in [4.78, 5) is 22.7. The fourth-order valence-corrected chi connectivity index (χ4v) is 5.97. The number of carbonyl (C=O) groups excluding carboxylic acids is 2. The van der Waals surface area contributed by atoms with Crippen LogP contribution in [0.3, 0.4) is 0 Å². The van der Waals surface area contributed by atoms with Crippen LogP contribution in [0.4, 0.5) is 0 Å². The van der Waals surface area contributed by atoms with Gasteiger partial charge in [0.25, 0.3) is 0 Å². The molecule has 5 atom stereocenters. The molecule has 4 nitrogen and oxygen atoms in total. The van der Waals surface area contributed by atoms with Gasteiger partial charge < -0.3 is 9.84 Å². The second-order valence-electron chi connectivity index (χ2n) is 8.71. The summed E-state index contributed by atoms with van der Waals surface area (Å²) in [6.07, 6.45) is 7.48. The van der Waals surface area contributed by atoms with Gasteiger partial charge in [-0.1, -0.05) is 19.4 Å². The molecule has 0 heterocycles. The van der Waals surface area contributed by atoms with E-state index in [2.05, 4.69) is 13.0 Å². The molecule has 5 unspecified atom stereocenters. The van der Waals surface area contributed by atoms with Crippen molar-refractivity contribution in [3.8, 4) is 5.75 Å². The number of hydrogen-bond donors (Lipinski definition) is 1. The fourth-order valence-electron chi connectivity index (χ4n) is 5.97. The molecule has 0 aromatic heterocycles. The van der Waals surface area contributed by atoms with Crippen molar-refractivity contribution in [1.29, 1.82) is 0 Å². The zero-order valence-electron chi connectivity index (χ0n) is 15.7. The first-order valence-corrected chi connectivity index (χ1v) is 9.94. The SMILES string of the molecule is CC(=O)C(=O)Oc1ccc2c(c1)CCC1C2CCC2(C)C(O)CCCC12. The standard InChI is InChI=1S/C22H28O4/c1-13(23)21(25)26-15-7-9-16-14(12-15)6-8-18-17(16)10-11-22(2)19(18)4-3-5-20(22)24/h7,9,12,17-20,24H,3-6,8,10-11H2,1-2H3. The lowest BCUT2D eigenvalue weighted by Gasteiger charge is -2.56. The van der Waals surface area contributed by atoms with Crippen molar-refractivity contribution in [3.63, 3.8) is 0 Å². The number of ketones is 1. The molecule has 4 heteroatoms. The van der Waals surface area contributed by atoms with Crippen LogP contribution >= 0.6 is 0 Å². The highest BCUT2D eigenvalue weighted by Gasteiger charge is 2.52. The van der Waals surface area contributed by atoms with E-state index >= 15 is 0 Å². The molecule has 0 bridgehead atoms. The number of benzene rings is 1. The molecular weight excluding hydrogens is 328 g/mol. The number of Topliss-reactive ketones (excluding diaryl/α,β-unsaturated/α-hetero) is 1. The number of aliphatic hydroxyl groups excluding tert-OH is 1. The average molecular weight is 356 g/mol. The van der Waals surface area contributed by atoms with Crippen molar-refractivity contribution >= 4 is 11.8 Å². The zero-order chi connectivity index (χ0) is 18.5. The van der Waals surface area contributed by atoms with E-state index in [1.165, 1.54) is 24.5 Å². The third-order valence-electron chi connectivity index (χ3n) is 7.39. The predicted octanol–water partition coefficient (Wildman–Crippen LogP) is 3.79. The van der Waals surface area contributed by atoms with Crippen LogP contribution in [0.15, 0.2) is 18.2 Å². The average Bonchev–Trinajstić information content (AvgIpc) is 2.62. The third kappa shape index (κ3) is 2.79. The number of aliphatic hydroxyl groups is 1. The van der Waals surface area contributed by atoms with Gasteiger partial charge in [-0.3, -0.25) is 4.79 Å². The Hall–Kier alpha value is -1.68. The van der Waals surface area contributed by atoms with E-state index in [4.69, 9.17) is 4.74 Å². The number of fused-ring (bicyclic) bond motifs is 5. The maximum Gasteiger partial charge on any atom is 0.379 e. The van der Waals surface area contributed by atoms with Gasteiger partial charge in [0.1, 0.15) is 5.75 Å². The molecule has 0 radical (unpaired) electrons. The normalized spacial score (nSPS) is 35.7. The molecule has 140 valence electrons. The van der Waals surface area contributed by atoms with Crippen LogP contribution in [-0.4, -0.2) is 23.0 Å². The Bertz CT molecular complexity index is 740. The topological polar surface area (TPSA) is 63.6 Å². The summed E-state index contributed by atoms with van der Waals surface area (Å²) in [6, 6.07) is 5.86. The Balaban J connectivity index is 1.59.